The Bertz CT molecular complexity index is 4600. The maximum Gasteiger partial charge on any atom is 2.00 e. The first-order valence-electron chi connectivity index (χ1n) is 39.4. The summed E-state index contributed by atoms with van der Waals surface area (Å²) < 4.78 is 48.1. The van der Waals surface area contributed by atoms with Gasteiger partial charge in [-0.05, 0) is 135 Å². The predicted octanol–water partition coefficient (Wildman–Crippen LogP) is 15.4. The van der Waals surface area contributed by atoms with Crippen molar-refractivity contribution in [2.45, 2.75) is 128 Å². The average Bonchev–Trinajstić information content (AvgIpc) is 1.59. The fourth-order valence-corrected chi connectivity index (χ4v) is 15.9. The number of nitrogens with zero attached hydrogens (tertiary/aromatic N) is 4. The summed E-state index contributed by atoms with van der Waals surface area (Å²) in [5, 5.41) is 12.8. The number of hydrogen-bond acceptors (Lipinski definition) is 18. The number of nitrogens with one attached hydrogen (secondary N) is 4. The SMILES string of the molecule is COc1cccc(OC)c1-c1c2nc(c3c4ccc([n-]4)c(-c4c(OC)cccc4OC)c4nc(c(c5ccc1[n-]5)-c1c5cccc1NC(=O)[C@H]1C[C@@H]1C(=O)OCCCCCCCCCCOC(=O)[C@@H]1CC1C(=O)Nc1cccc(c1-3)NC(=O)[C@H]1C[C@@H]1C(=O)OCCCCCCCCCCOC(=O)[C@H]1CC1C(=O)N5)C=C4)C=C2.[Co+2]. The number of hydrogen-bond donors (Lipinski definition) is 4. The molecule has 4 fully saturated rings. The minimum atomic E-state index is -0.750. The van der Waals surface area contributed by atoms with Gasteiger partial charge in [0.1, 0.15) is 23.0 Å². The molecule has 24 nitrogen and oxygen atoms in total. The Kier molecular flexibility index (Phi) is 24.6. The number of carbonyl (C=O) groups excluding carboxylic acids is 8. The summed E-state index contributed by atoms with van der Waals surface area (Å²) in [6.07, 6.45) is 21.9. The number of aromatic nitrogens is 4. The Balaban J connectivity index is 0.0000106. The van der Waals surface area contributed by atoms with Gasteiger partial charge in [0.05, 0.1) is 159 Å². The second-order valence-corrected chi connectivity index (χ2v) is 30.0. The van der Waals surface area contributed by atoms with E-state index < -0.39 is 94.8 Å². The maximum atomic E-state index is 15.0. The quantitative estimate of drug-likeness (QED) is 0.0888. The molecule has 0 spiro atoms. The van der Waals surface area contributed by atoms with Gasteiger partial charge in [-0.2, -0.15) is 0 Å². The van der Waals surface area contributed by atoms with E-state index in [1.54, 1.807) is 97.1 Å². The van der Waals surface area contributed by atoms with Crippen LogP contribution in [0.25, 0.3) is 90.9 Å². The van der Waals surface area contributed by atoms with Crippen molar-refractivity contribution in [1.82, 2.24) is 19.9 Å². The smallest absolute Gasteiger partial charge is 0.657 e. The van der Waals surface area contributed by atoms with Gasteiger partial charge in [0, 0.05) is 22.3 Å². The second-order valence-electron chi connectivity index (χ2n) is 30.0. The summed E-state index contributed by atoms with van der Waals surface area (Å²) in [6, 6.07) is 28.2. The largest absolute Gasteiger partial charge is 2.00 e. The Labute approximate surface area is 665 Å². The molecule has 17 rings (SSSR count). The number of amides is 4. The molecule has 6 aliphatic heterocycles. The molecule has 4 saturated carbocycles. The van der Waals surface area contributed by atoms with Gasteiger partial charge >= 0.3 is 40.7 Å². The van der Waals surface area contributed by atoms with E-state index in [9.17, 15) is 19.2 Å². The minimum absolute atomic E-state index is 0. The molecule has 4 aliphatic carbocycles. The molecule has 4 aromatic carbocycles. The molecule has 0 saturated heterocycles. The summed E-state index contributed by atoms with van der Waals surface area (Å²) in [4.78, 5) is 138. The molecule has 25 heteroatoms. The van der Waals surface area contributed by atoms with Crippen molar-refractivity contribution in [3.05, 3.63) is 120 Å². The van der Waals surface area contributed by atoms with Crippen molar-refractivity contribution >= 4 is 117 Å². The third-order valence-electron chi connectivity index (χ3n) is 22.4. The van der Waals surface area contributed by atoms with Crippen LogP contribution in [-0.4, -0.2) is 112 Å². The van der Waals surface area contributed by atoms with Crippen LogP contribution in [0.3, 0.4) is 0 Å². The van der Waals surface area contributed by atoms with Gasteiger partial charge in [0.2, 0.25) is 23.6 Å². The Morgan fingerprint density at radius 3 is 0.752 bits per heavy atom. The summed E-state index contributed by atoms with van der Waals surface area (Å²) in [5.41, 5.74) is 6.41. The molecule has 7 aromatic rings. The monoisotopic (exact) mass is 1580 g/mol. The minimum Gasteiger partial charge on any atom is -0.657 e. The van der Waals surface area contributed by atoms with Crippen LogP contribution >= 0.6 is 0 Å². The molecule has 9 heterocycles. The zero-order chi connectivity index (χ0) is 77.5. The number of carbonyl (C=O) groups is 8. The van der Waals surface area contributed by atoms with Gasteiger partial charge in [-0.1, -0.05) is 126 Å². The summed E-state index contributed by atoms with van der Waals surface area (Å²) >= 11 is 0. The Morgan fingerprint density at radius 1 is 0.292 bits per heavy atom. The maximum absolute atomic E-state index is 15.0. The van der Waals surface area contributed by atoms with Crippen molar-refractivity contribution in [3.8, 4) is 67.5 Å². The number of fused-ring (bicyclic) bond motifs is 30. The first-order valence-corrected chi connectivity index (χ1v) is 39.4. The Hall–Kier alpha value is -11.1. The van der Waals surface area contributed by atoms with Gasteiger partial charge in [0.15, 0.2) is 0 Å². The van der Waals surface area contributed by atoms with Crippen molar-refractivity contribution in [1.29, 1.82) is 0 Å². The molecule has 589 valence electrons. The summed E-state index contributed by atoms with van der Waals surface area (Å²) in [7, 11) is 6.15. The van der Waals surface area contributed by atoms with E-state index in [1.165, 1.54) is 28.4 Å². The van der Waals surface area contributed by atoms with Crippen LogP contribution in [0.2, 0.25) is 0 Å². The second kappa shape index (κ2) is 35.3. The van der Waals surface area contributed by atoms with E-state index >= 15 is 19.2 Å². The number of ether oxygens (including phenoxy) is 8. The molecule has 4 amide bonds. The third kappa shape index (κ3) is 17.3. The number of anilines is 4. The van der Waals surface area contributed by atoms with Crippen LogP contribution in [-0.2, 0) is 74.1 Å². The van der Waals surface area contributed by atoms with Gasteiger partial charge < -0.3 is 69.1 Å². The van der Waals surface area contributed by atoms with E-state index in [4.69, 9.17) is 57.8 Å². The summed E-state index contributed by atoms with van der Waals surface area (Å²) in [6.45, 7) is 0.831. The average molecular weight is 1580 g/mol. The van der Waals surface area contributed by atoms with E-state index in [0.717, 1.165) is 77.0 Å². The van der Waals surface area contributed by atoms with Crippen LogP contribution in [0.15, 0.2) is 97.1 Å². The number of rotatable bonds is 6. The molecule has 12 bridgehead atoms. The van der Waals surface area contributed by atoms with Gasteiger partial charge in [-0.15, -0.1) is 22.1 Å². The van der Waals surface area contributed by atoms with Crippen molar-refractivity contribution < 1.29 is 93.0 Å². The van der Waals surface area contributed by atoms with Gasteiger partial charge in [-0.25, -0.2) is 9.97 Å². The zero-order valence-electron chi connectivity index (χ0n) is 63.8. The van der Waals surface area contributed by atoms with Gasteiger partial charge in [0.25, 0.3) is 0 Å². The molecular formula is C88H92CoN8O16. The van der Waals surface area contributed by atoms with Crippen LogP contribution in [0.5, 0.6) is 23.0 Å². The zero-order valence-corrected chi connectivity index (χ0v) is 64.8. The summed E-state index contributed by atoms with van der Waals surface area (Å²) in [5.74, 6) is -7.94. The first-order chi connectivity index (χ1) is 54.7. The number of esters is 4. The van der Waals surface area contributed by atoms with E-state index in [2.05, 4.69) is 21.3 Å². The molecular weight excluding hydrogens is 1480 g/mol. The molecule has 8 atom stereocenters. The molecule has 113 heavy (non-hydrogen) atoms. The van der Waals surface area contributed by atoms with E-state index in [0.29, 0.717) is 127 Å². The fraction of sp³-hybridized carbons (Fsp3) is 0.409. The fourth-order valence-electron chi connectivity index (χ4n) is 15.9. The van der Waals surface area contributed by atoms with E-state index in [1.807, 2.05) is 24.3 Å². The van der Waals surface area contributed by atoms with Crippen molar-refractivity contribution in [2.24, 2.45) is 47.3 Å². The third-order valence-corrected chi connectivity index (χ3v) is 22.4. The van der Waals surface area contributed by atoms with Crippen LogP contribution in [0, 0.1) is 47.3 Å². The van der Waals surface area contributed by atoms with Crippen LogP contribution in [0.1, 0.15) is 151 Å². The molecule has 4 N–H and O–H groups in total. The van der Waals surface area contributed by atoms with E-state index in [-0.39, 0.29) is 103 Å². The molecule has 3 aromatic heterocycles. The molecule has 10 aliphatic rings. The predicted molar refractivity (Wildman–Crippen MR) is 423 cm³/mol. The normalized spacial score (nSPS) is 22.8. The standard InChI is InChI=1S/C88H94N8O16.Co/c1-105-69-29-23-30-70(106-2)79(69)77-65-37-33-61(89-65)75-63-35-39-67(91-63)78(80-71(107-3)31-24-32-72(80)108-4)68-40-36-64(92-68)76(62-34-38-66(77)90-62)74-58-26-22-28-60(74)96-84(100)52-48-56(52)88(104)112-44-20-16-12-8-7-11-15-19-43-111-87(103)55-47-51(55)83(99)95-59-27-21-25-57(73(59)75)93-81(97)49-45-53(49)85(101)109-41-17-13-9-5-6-10-14-18-42-110-86(102)54-46-50(54)82(98)94-58;/h21-40,49-56H,5-20,41-48H2,1-4H3,(H6,89,90,91,92,93,94,95,96,97,98,99,100);/q;+2/p-2/t49-,50?,51?,52-,53-,54-,55+,56-;/m0./s1. The molecule has 2 unspecified atom stereocenters. The first kappa shape index (κ1) is 78.6. The topological polar surface area (TPSA) is 312 Å². The number of benzene rings is 4. The molecule has 1 radical (unpaired) electrons. The van der Waals surface area contributed by atoms with Crippen molar-refractivity contribution in [3.63, 3.8) is 0 Å². The van der Waals surface area contributed by atoms with Crippen LogP contribution < -0.4 is 50.2 Å². The van der Waals surface area contributed by atoms with Crippen molar-refractivity contribution in [2.75, 3.05) is 76.1 Å². The van der Waals surface area contributed by atoms with Gasteiger partial charge in [-0.3, -0.25) is 38.4 Å². The Morgan fingerprint density at radius 2 is 0.513 bits per heavy atom. The number of methoxy groups -OCH3 is 4. The van der Waals surface area contributed by atoms with Crippen LogP contribution in [0.4, 0.5) is 22.7 Å².